The van der Waals surface area contributed by atoms with Crippen molar-refractivity contribution >= 4 is 17.4 Å². The average Bonchev–Trinajstić information content (AvgIpc) is 3.05. The summed E-state index contributed by atoms with van der Waals surface area (Å²) >= 11 is 0. The van der Waals surface area contributed by atoms with Crippen molar-refractivity contribution in [3.05, 3.63) is 70.8 Å². The van der Waals surface area contributed by atoms with Gasteiger partial charge in [0.2, 0.25) is 0 Å². The molecule has 0 spiro atoms. The number of aliphatic hydroxyl groups excluding tert-OH is 1. The molecule has 1 N–H and O–H groups in total. The van der Waals surface area contributed by atoms with Gasteiger partial charge in [-0.05, 0) is 49.2 Å². The van der Waals surface area contributed by atoms with Crippen LogP contribution in [0.3, 0.4) is 0 Å². The highest BCUT2D eigenvalue weighted by atomic mass is 16.5. The van der Waals surface area contributed by atoms with E-state index in [1.54, 1.807) is 23.1 Å². The Balaban J connectivity index is 2.11. The van der Waals surface area contributed by atoms with E-state index in [0.29, 0.717) is 31.0 Å². The van der Waals surface area contributed by atoms with Gasteiger partial charge in [0.05, 0.1) is 18.2 Å². The van der Waals surface area contributed by atoms with Crippen LogP contribution in [0.15, 0.2) is 54.1 Å². The summed E-state index contributed by atoms with van der Waals surface area (Å²) in [6.45, 7) is 9.96. The molecule has 0 aromatic heterocycles. The summed E-state index contributed by atoms with van der Waals surface area (Å²) in [5, 5.41) is 11.3. The van der Waals surface area contributed by atoms with E-state index in [1.165, 1.54) is 0 Å². The van der Waals surface area contributed by atoms with E-state index in [2.05, 4.69) is 20.8 Å². The van der Waals surface area contributed by atoms with Gasteiger partial charge in [-0.1, -0.05) is 64.1 Å². The van der Waals surface area contributed by atoms with Gasteiger partial charge >= 0.3 is 0 Å². The second-order valence-electron chi connectivity index (χ2n) is 10.0. The van der Waals surface area contributed by atoms with Crippen molar-refractivity contribution in [1.82, 2.24) is 9.80 Å². The first-order valence-corrected chi connectivity index (χ1v) is 11.8. The lowest BCUT2D eigenvalue weighted by molar-refractivity contribution is -0.140. The molecule has 0 radical (unpaired) electrons. The molecule has 1 amide bonds. The van der Waals surface area contributed by atoms with E-state index < -0.39 is 17.7 Å². The molecule has 0 aliphatic carbocycles. The number of ether oxygens (including phenoxy) is 1. The molecular formula is C28H36N2O4. The summed E-state index contributed by atoms with van der Waals surface area (Å²) in [5.74, 6) is -0.830. The van der Waals surface area contributed by atoms with Gasteiger partial charge in [0, 0.05) is 18.7 Å². The molecule has 6 heteroatoms. The number of hydrogen-bond donors (Lipinski definition) is 1. The lowest BCUT2D eigenvalue weighted by atomic mass is 9.85. The van der Waals surface area contributed by atoms with Crippen LogP contribution in [0.4, 0.5) is 0 Å². The summed E-state index contributed by atoms with van der Waals surface area (Å²) < 4.78 is 5.70. The van der Waals surface area contributed by atoms with Crippen LogP contribution in [-0.4, -0.2) is 60.4 Å². The lowest BCUT2D eigenvalue weighted by Crippen LogP contribution is -2.35. The Bertz CT molecular complexity index is 1060. The summed E-state index contributed by atoms with van der Waals surface area (Å²) in [4.78, 5) is 29.8. The number of benzene rings is 2. The second kappa shape index (κ2) is 10.4. The van der Waals surface area contributed by atoms with Crippen LogP contribution in [0, 0.1) is 0 Å². The summed E-state index contributed by atoms with van der Waals surface area (Å²) in [7, 11) is 3.84. The van der Waals surface area contributed by atoms with Gasteiger partial charge in [0.15, 0.2) is 0 Å². The maximum atomic E-state index is 13.2. The van der Waals surface area contributed by atoms with Crippen molar-refractivity contribution in [1.29, 1.82) is 0 Å². The fourth-order valence-electron chi connectivity index (χ4n) is 4.04. The Morgan fingerprint density at radius 2 is 1.76 bits per heavy atom. The number of rotatable bonds is 8. The van der Waals surface area contributed by atoms with Crippen LogP contribution in [0.5, 0.6) is 5.75 Å². The zero-order valence-corrected chi connectivity index (χ0v) is 21.1. The standard InChI is InChI=1S/C28H36N2O4/c1-7-17-34-22-10-8-9-20(18-22)25(31)23-24(19-11-13-21(14-12-19)28(2,3)4)30(16-15-29(5)6)27(33)26(23)32/h8-14,18,24,31H,7,15-17H2,1-6H3/b25-23-. The molecule has 1 aliphatic heterocycles. The van der Waals surface area contributed by atoms with Gasteiger partial charge in [-0.15, -0.1) is 0 Å². The van der Waals surface area contributed by atoms with Crippen LogP contribution < -0.4 is 4.74 Å². The van der Waals surface area contributed by atoms with Crippen LogP contribution >= 0.6 is 0 Å². The molecule has 2 aromatic carbocycles. The summed E-state index contributed by atoms with van der Waals surface area (Å²) in [5.41, 5.74) is 2.49. The molecule has 34 heavy (non-hydrogen) atoms. The number of amides is 1. The highest BCUT2D eigenvalue weighted by molar-refractivity contribution is 6.46. The molecule has 2 aromatic rings. The van der Waals surface area contributed by atoms with Gasteiger partial charge in [-0.25, -0.2) is 0 Å². The minimum Gasteiger partial charge on any atom is -0.507 e. The first-order chi connectivity index (χ1) is 16.0. The van der Waals surface area contributed by atoms with Crippen molar-refractivity contribution in [3.8, 4) is 5.75 Å². The van der Waals surface area contributed by atoms with E-state index >= 15 is 0 Å². The number of carbonyl (C=O) groups excluding carboxylic acids is 2. The van der Waals surface area contributed by atoms with E-state index in [0.717, 1.165) is 17.5 Å². The summed E-state index contributed by atoms with van der Waals surface area (Å²) in [6.07, 6.45) is 0.859. The van der Waals surface area contributed by atoms with Crippen LogP contribution in [-0.2, 0) is 15.0 Å². The van der Waals surface area contributed by atoms with Gasteiger partial charge in [0.1, 0.15) is 11.5 Å². The largest absolute Gasteiger partial charge is 0.507 e. The zero-order chi connectivity index (χ0) is 25.0. The fraction of sp³-hybridized carbons (Fsp3) is 0.429. The molecule has 1 heterocycles. The maximum absolute atomic E-state index is 13.2. The van der Waals surface area contributed by atoms with Crippen molar-refractivity contribution in [2.45, 2.75) is 45.6 Å². The van der Waals surface area contributed by atoms with Crippen LogP contribution in [0.25, 0.3) is 5.76 Å². The van der Waals surface area contributed by atoms with Gasteiger partial charge < -0.3 is 19.6 Å². The molecule has 1 unspecified atom stereocenters. The van der Waals surface area contributed by atoms with Crippen molar-refractivity contribution in [3.63, 3.8) is 0 Å². The minimum absolute atomic E-state index is 0.0236. The second-order valence-corrected chi connectivity index (χ2v) is 10.0. The van der Waals surface area contributed by atoms with Crippen LogP contribution in [0.1, 0.15) is 56.8 Å². The Hall–Kier alpha value is -3.12. The normalized spacial score (nSPS) is 18.1. The van der Waals surface area contributed by atoms with Crippen molar-refractivity contribution in [2.24, 2.45) is 0 Å². The Labute approximate surface area is 202 Å². The number of likely N-dealkylation sites (tertiary alicyclic amines) is 1. The first kappa shape index (κ1) is 25.5. The van der Waals surface area contributed by atoms with Crippen LogP contribution in [0.2, 0.25) is 0 Å². The highest BCUT2D eigenvalue weighted by Crippen LogP contribution is 2.40. The predicted octanol–water partition coefficient (Wildman–Crippen LogP) is 4.76. The SMILES string of the molecule is CCCOc1cccc(/C(O)=C2/C(=O)C(=O)N(CCN(C)C)C2c2ccc(C(C)(C)C)cc2)c1. The topological polar surface area (TPSA) is 70.1 Å². The summed E-state index contributed by atoms with van der Waals surface area (Å²) in [6, 6.07) is 14.3. The van der Waals surface area contributed by atoms with E-state index in [4.69, 9.17) is 4.74 Å². The molecule has 1 saturated heterocycles. The number of ketones is 1. The number of Topliss-reactive ketones (excluding diaryl/α,β-unsaturated/α-hetero) is 1. The Morgan fingerprint density at radius 1 is 1.09 bits per heavy atom. The zero-order valence-electron chi connectivity index (χ0n) is 21.1. The predicted molar refractivity (Wildman–Crippen MR) is 135 cm³/mol. The molecule has 1 aliphatic rings. The third-order valence-electron chi connectivity index (χ3n) is 6.00. The third kappa shape index (κ3) is 5.50. The number of nitrogens with zero attached hydrogens (tertiary/aromatic N) is 2. The average molecular weight is 465 g/mol. The van der Waals surface area contributed by atoms with Crippen molar-refractivity contribution in [2.75, 3.05) is 33.8 Å². The van der Waals surface area contributed by atoms with E-state index in [1.807, 2.05) is 56.3 Å². The van der Waals surface area contributed by atoms with Gasteiger partial charge in [0.25, 0.3) is 11.7 Å². The number of hydrogen-bond acceptors (Lipinski definition) is 5. The molecule has 0 bridgehead atoms. The number of aliphatic hydroxyl groups is 1. The molecular weight excluding hydrogens is 428 g/mol. The third-order valence-corrected chi connectivity index (χ3v) is 6.00. The van der Waals surface area contributed by atoms with Crippen molar-refractivity contribution < 1.29 is 19.4 Å². The highest BCUT2D eigenvalue weighted by Gasteiger charge is 2.46. The quantitative estimate of drug-likeness (QED) is 0.347. The maximum Gasteiger partial charge on any atom is 0.295 e. The molecule has 182 valence electrons. The minimum atomic E-state index is -0.666. The molecule has 6 nitrogen and oxygen atoms in total. The van der Waals surface area contributed by atoms with Gasteiger partial charge in [-0.3, -0.25) is 9.59 Å². The van der Waals surface area contributed by atoms with E-state index in [-0.39, 0.29) is 16.7 Å². The Kier molecular flexibility index (Phi) is 7.82. The molecule has 1 fully saturated rings. The molecule has 3 rings (SSSR count). The smallest absolute Gasteiger partial charge is 0.295 e. The molecule has 1 atom stereocenters. The Morgan fingerprint density at radius 3 is 2.35 bits per heavy atom. The lowest BCUT2D eigenvalue weighted by Gasteiger charge is -2.27. The number of carbonyl (C=O) groups is 2. The molecule has 0 saturated carbocycles. The number of likely N-dealkylation sites (N-methyl/N-ethyl adjacent to an activating group) is 1. The first-order valence-electron chi connectivity index (χ1n) is 11.8. The monoisotopic (exact) mass is 464 g/mol. The fourth-order valence-corrected chi connectivity index (χ4v) is 4.04. The van der Waals surface area contributed by atoms with Gasteiger partial charge in [-0.2, -0.15) is 0 Å². The van der Waals surface area contributed by atoms with E-state index in [9.17, 15) is 14.7 Å².